The number of hydrogen-bond donors (Lipinski definition) is 0. The van der Waals surface area contributed by atoms with Crippen LogP contribution < -0.4 is 0 Å². The van der Waals surface area contributed by atoms with Gasteiger partial charge in [0.1, 0.15) is 0 Å². The van der Waals surface area contributed by atoms with Crippen LogP contribution in [-0.2, 0) is 0 Å². The minimum absolute atomic E-state index is 1.21. The van der Waals surface area contributed by atoms with Crippen LogP contribution in [0, 0.1) is 6.92 Å². The zero-order valence-electron chi connectivity index (χ0n) is 6.58. The molecule has 0 heterocycles. The topological polar surface area (TPSA) is 0 Å². The molecule has 0 unspecified atom stereocenters. The smallest absolute Gasteiger partial charge is 0.00695 e. The van der Waals surface area contributed by atoms with Crippen molar-refractivity contribution >= 4 is 17.8 Å². The first-order valence-corrected chi connectivity index (χ1v) is 4.69. The highest BCUT2D eigenvalue weighted by Crippen LogP contribution is 2.15. The molecule has 0 fully saturated rings. The Hall–Kier alpha value is -0.690. The Labute approximate surface area is 72.3 Å². The van der Waals surface area contributed by atoms with Crippen LogP contribution in [0.2, 0.25) is 0 Å². The van der Waals surface area contributed by atoms with Crippen LogP contribution in [0.4, 0.5) is 0 Å². The lowest BCUT2D eigenvalue weighted by Gasteiger charge is -1.95. The van der Waals surface area contributed by atoms with Crippen molar-refractivity contribution < 1.29 is 0 Å². The molecule has 0 spiro atoms. The molecule has 0 aromatic heterocycles. The molecule has 1 heteroatoms. The SMILES string of the molecule is [CH2]/C=C/c1ccc(SC)cc1. The molecule has 0 aliphatic carbocycles. The predicted octanol–water partition coefficient (Wildman–Crippen LogP) is 3.26. The van der Waals surface area contributed by atoms with Gasteiger partial charge in [-0.25, -0.2) is 0 Å². The summed E-state index contributed by atoms with van der Waals surface area (Å²) >= 11 is 1.76. The van der Waals surface area contributed by atoms with Gasteiger partial charge in [0.25, 0.3) is 0 Å². The summed E-state index contributed by atoms with van der Waals surface area (Å²) < 4.78 is 0. The molecule has 0 aliphatic heterocycles. The fourth-order valence-electron chi connectivity index (χ4n) is 0.851. The molecule has 0 bridgehead atoms. The van der Waals surface area contributed by atoms with Crippen molar-refractivity contribution in [3.8, 4) is 0 Å². The monoisotopic (exact) mass is 163 g/mol. The van der Waals surface area contributed by atoms with E-state index in [4.69, 9.17) is 0 Å². The molecule has 1 rings (SSSR count). The van der Waals surface area contributed by atoms with Gasteiger partial charge < -0.3 is 0 Å². The van der Waals surface area contributed by atoms with E-state index in [1.807, 2.05) is 6.08 Å². The summed E-state index contributed by atoms with van der Waals surface area (Å²) in [6, 6.07) is 8.40. The summed E-state index contributed by atoms with van der Waals surface area (Å²) in [5.41, 5.74) is 1.21. The summed E-state index contributed by atoms with van der Waals surface area (Å²) in [4.78, 5) is 1.30. The van der Waals surface area contributed by atoms with E-state index in [0.717, 1.165) is 0 Å². The predicted molar refractivity (Wildman–Crippen MR) is 52.6 cm³/mol. The van der Waals surface area contributed by atoms with Crippen molar-refractivity contribution in [2.75, 3.05) is 6.26 Å². The second-order valence-electron chi connectivity index (χ2n) is 2.18. The third-order valence-corrected chi connectivity index (χ3v) is 2.17. The van der Waals surface area contributed by atoms with Gasteiger partial charge >= 0.3 is 0 Å². The Morgan fingerprint density at radius 2 is 1.91 bits per heavy atom. The minimum Gasteiger partial charge on any atom is -0.130 e. The maximum Gasteiger partial charge on any atom is 0.00695 e. The van der Waals surface area contributed by atoms with Crippen LogP contribution in [0.1, 0.15) is 5.56 Å². The van der Waals surface area contributed by atoms with Crippen LogP contribution in [0.5, 0.6) is 0 Å². The summed E-state index contributed by atoms with van der Waals surface area (Å²) in [6.07, 6.45) is 5.87. The lowest BCUT2D eigenvalue weighted by molar-refractivity contribution is 1.45. The molecule has 57 valence electrons. The molecule has 0 N–H and O–H groups in total. The van der Waals surface area contributed by atoms with Crippen molar-refractivity contribution in [2.24, 2.45) is 0 Å². The van der Waals surface area contributed by atoms with Gasteiger partial charge in [-0.05, 0) is 30.9 Å². The van der Waals surface area contributed by atoms with Gasteiger partial charge in [-0.1, -0.05) is 24.3 Å². The van der Waals surface area contributed by atoms with E-state index in [2.05, 4.69) is 37.4 Å². The van der Waals surface area contributed by atoms with Crippen molar-refractivity contribution in [1.82, 2.24) is 0 Å². The zero-order valence-corrected chi connectivity index (χ0v) is 7.40. The maximum absolute atomic E-state index is 3.64. The van der Waals surface area contributed by atoms with Crippen molar-refractivity contribution in [1.29, 1.82) is 0 Å². The second-order valence-corrected chi connectivity index (χ2v) is 3.06. The Morgan fingerprint density at radius 3 is 2.36 bits per heavy atom. The quantitative estimate of drug-likeness (QED) is 0.603. The summed E-state index contributed by atoms with van der Waals surface area (Å²) in [5.74, 6) is 0. The lowest BCUT2D eigenvalue weighted by Crippen LogP contribution is -1.71. The van der Waals surface area contributed by atoms with Crippen LogP contribution >= 0.6 is 11.8 Å². The summed E-state index contributed by atoms with van der Waals surface area (Å²) in [6.45, 7) is 3.64. The van der Waals surface area contributed by atoms with E-state index < -0.39 is 0 Å². The lowest BCUT2D eigenvalue weighted by atomic mass is 10.2. The van der Waals surface area contributed by atoms with E-state index in [9.17, 15) is 0 Å². The van der Waals surface area contributed by atoms with Gasteiger partial charge in [0.15, 0.2) is 0 Å². The first kappa shape index (κ1) is 8.41. The van der Waals surface area contributed by atoms with E-state index in [1.54, 1.807) is 17.8 Å². The number of benzene rings is 1. The Balaban J connectivity index is 2.82. The van der Waals surface area contributed by atoms with E-state index in [1.165, 1.54) is 10.5 Å². The van der Waals surface area contributed by atoms with Gasteiger partial charge in [-0.3, -0.25) is 0 Å². The standard InChI is InChI=1S/C10H11S/c1-3-4-9-5-7-10(11-2)8-6-9/h3-8H,1H2,2H3/b4-3+. The average Bonchev–Trinajstić information content (AvgIpc) is 2.07. The van der Waals surface area contributed by atoms with Crippen molar-refractivity contribution in [2.45, 2.75) is 4.90 Å². The highest BCUT2D eigenvalue weighted by molar-refractivity contribution is 7.98. The molecule has 1 aromatic rings. The molecule has 1 radical (unpaired) electrons. The molecule has 1 aromatic carbocycles. The molecule has 0 saturated heterocycles. The van der Waals surface area contributed by atoms with Gasteiger partial charge in [0.05, 0.1) is 0 Å². The van der Waals surface area contributed by atoms with Crippen molar-refractivity contribution in [3.05, 3.63) is 42.8 Å². The highest BCUT2D eigenvalue weighted by atomic mass is 32.2. The fraction of sp³-hybridized carbons (Fsp3) is 0.100. The van der Waals surface area contributed by atoms with Crippen LogP contribution in [0.3, 0.4) is 0 Å². The third-order valence-electron chi connectivity index (χ3n) is 1.43. The molecule has 11 heavy (non-hydrogen) atoms. The van der Waals surface area contributed by atoms with Crippen LogP contribution in [0.15, 0.2) is 35.2 Å². The average molecular weight is 163 g/mol. The minimum atomic E-state index is 1.21. The number of thioether (sulfide) groups is 1. The molecule has 0 aliphatic rings. The van der Waals surface area contributed by atoms with Crippen LogP contribution in [0.25, 0.3) is 6.08 Å². The summed E-state index contributed by atoms with van der Waals surface area (Å²) in [5, 5.41) is 0. The van der Waals surface area contributed by atoms with E-state index in [-0.39, 0.29) is 0 Å². The Morgan fingerprint density at radius 1 is 1.27 bits per heavy atom. The normalized spacial score (nSPS) is 10.7. The summed E-state index contributed by atoms with van der Waals surface area (Å²) in [7, 11) is 0. The zero-order chi connectivity index (χ0) is 8.10. The van der Waals surface area contributed by atoms with E-state index in [0.29, 0.717) is 0 Å². The van der Waals surface area contributed by atoms with Crippen molar-refractivity contribution in [3.63, 3.8) is 0 Å². The fourth-order valence-corrected chi connectivity index (χ4v) is 1.26. The molecule has 0 nitrogen and oxygen atoms in total. The number of rotatable bonds is 2. The molecule has 0 amide bonds. The maximum atomic E-state index is 3.64. The van der Waals surface area contributed by atoms with Gasteiger partial charge in [0, 0.05) is 4.90 Å². The Bertz CT molecular complexity index is 234. The number of allylic oxidation sites excluding steroid dienone is 1. The third kappa shape index (κ3) is 2.43. The van der Waals surface area contributed by atoms with E-state index >= 15 is 0 Å². The first-order valence-electron chi connectivity index (χ1n) is 3.46. The Kier molecular flexibility index (Phi) is 3.24. The molecule has 0 atom stereocenters. The van der Waals surface area contributed by atoms with Gasteiger partial charge in [0.2, 0.25) is 0 Å². The molecular weight excluding hydrogens is 152 g/mol. The van der Waals surface area contributed by atoms with Gasteiger partial charge in [-0.15, -0.1) is 11.8 Å². The number of hydrogen-bond acceptors (Lipinski definition) is 1. The van der Waals surface area contributed by atoms with Crippen LogP contribution in [-0.4, -0.2) is 6.26 Å². The molecule has 0 saturated carbocycles. The molecular formula is C10H11S. The largest absolute Gasteiger partial charge is 0.130 e. The highest BCUT2D eigenvalue weighted by Gasteiger charge is 1.87. The van der Waals surface area contributed by atoms with Gasteiger partial charge in [-0.2, -0.15) is 0 Å². The first-order chi connectivity index (χ1) is 5.36. The second kappa shape index (κ2) is 4.24.